The molecule has 1 amide bonds. The number of methoxy groups -OCH3 is 1. The van der Waals surface area contributed by atoms with Gasteiger partial charge in [0.2, 0.25) is 5.95 Å². The maximum absolute atomic E-state index is 12.7. The monoisotopic (exact) mass is 376 g/mol. The molecule has 3 rings (SSSR count). The molecule has 6 heteroatoms. The molecule has 2 aromatic carbocycles. The second kappa shape index (κ2) is 8.99. The van der Waals surface area contributed by atoms with Crippen LogP contribution < -0.4 is 15.4 Å². The Bertz CT molecular complexity index is 955. The lowest BCUT2D eigenvalue weighted by molar-refractivity contribution is 0.102. The van der Waals surface area contributed by atoms with Gasteiger partial charge in [0.1, 0.15) is 11.4 Å². The summed E-state index contributed by atoms with van der Waals surface area (Å²) >= 11 is 0. The van der Waals surface area contributed by atoms with Crippen molar-refractivity contribution in [2.24, 2.45) is 0 Å². The zero-order valence-corrected chi connectivity index (χ0v) is 16.3. The van der Waals surface area contributed by atoms with Gasteiger partial charge in [-0.2, -0.15) is 0 Å². The Labute approximate surface area is 165 Å². The number of carbonyl (C=O) groups excluding carboxylic acids is 1. The van der Waals surface area contributed by atoms with Crippen molar-refractivity contribution in [1.82, 2.24) is 9.97 Å². The molecule has 0 bridgehead atoms. The lowest BCUT2D eigenvalue weighted by Crippen LogP contribution is -2.17. The lowest BCUT2D eigenvalue weighted by atomic mass is 10.1. The molecule has 1 aromatic heterocycles. The summed E-state index contributed by atoms with van der Waals surface area (Å²) in [4.78, 5) is 21.4. The molecule has 3 aromatic rings. The van der Waals surface area contributed by atoms with Crippen LogP contribution in [0.3, 0.4) is 0 Å². The highest BCUT2D eigenvalue weighted by atomic mass is 16.5. The third-order valence-electron chi connectivity index (χ3n) is 4.34. The van der Waals surface area contributed by atoms with Gasteiger partial charge >= 0.3 is 0 Å². The van der Waals surface area contributed by atoms with Crippen LogP contribution in [0.15, 0.2) is 54.6 Å². The molecule has 0 spiro atoms. The van der Waals surface area contributed by atoms with Gasteiger partial charge in [0.05, 0.1) is 7.11 Å². The first-order valence-corrected chi connectivity index (χ1v) is 9.20. The number of benzene rings is 2. The van der Waals surface area contributed by atoms with Crippen molar-refractivity contribution in [3.05, 3.63) is 77.1 Å². The van der Waals surface area contributed by atoms with Gasteiger partial charge in [-0.15, -0.1) is 0 Å². The highest BCUT2D eigenvalue weighted by molar-refractivity contribution is 6.03. The minimum Gasteiger partial charge on any atom is -0.497 e. The van der Waals surface area contributed by atoms with Gasteiger partial charge in [0.25, 0.3) is 5.91 Å². The van der Waals surface area contributed by atoms with Crippen LogP contribution in [0.5, 0.6) is 5.75 Å². The molecular formula is C22H24N4O2. The number of hydrogen-bond acceptors (Lipinski definition) is 5. The summed E-state index contributed by atoms with van der Waals surface area (Å²) in [6.45, 7) is 4.45. The van der Waals surface area contributed by atoms with E-state index in [0.717, 1.165) is 34.7 Å². The normalized spacial score (nSPS) is 10.4. The number of aryl methyl sites for hydroxylation is 2. The highest BCUT2D eigenvalue weighted by Crippen LogP contribution is 2.17. The lowest BCUT2D eigenvalue weighted by Gasteiger charge is -2.11. The fourth-order valence-corrected chi connectivity index (χ4v) is 2.83. The molecule has 0 fully saturated rings. The number of amides is 1. The number of ether oxygens (including phenoxy) is 1. The molecule has 0 radical (unpaired) electrons. The summed E-state index contributed by atoms with van der Waals surface area (Å²) in [5.41, 5.74) is 4.00. The van der Waals surface area contributed by atoms with E-state index < -0.39 is 0 Å². The summed E-state index contributed by atoms with van der Waals surface area (Å²) in [6.07, 6.45) is 0.841. The number of rotatable bonds is 7. The summed E-state index contributed by atoms with van der Waals surface area (Å²) in [6, 6.07) is 17.2. The van der Waals surface area contributed by atoms with E-state index in [0.29, 0.717) is 18.2 Å². The van der Waals surface area contributed by atoms with E-state index in [1.807, 2.05) is 55.5 Å². The standard InChI is InChI=1S/C22H24N4O2/c1-4-17-7-5-6-8-19(17)25-21(27)20-13-15(2)24-22(26-20)23-14-16-9-11-18(28-3)12-10-16/h5-13H,4,14H2,1-3H3,(H,25,27)(H,23,24,26). The number of hydrogen-bond donors (Lipinski definition) is 2. The average Bonchev–Trinajstić information content (AvgIpc) is 2.72. The largest absolute Gasteiger partial charge is 0.497 e. The molecule has 0 aliphatic rings. The third-order valence-corrected chi connectivity index (χ3v) is 4.34. The number of para-hydroxylation sites is 1. The van der Waals surface area contributed by atoms with E-state index in [1.54, 1.807) is 13.2 Å². The Morgan fingerprint density at radius 2 is 1.82 bits per heavy atom. The fourth-order valence-electron chi connectivity index (χ4n) is 2.83. The van der Waals surface area contributed by atoms with Gasteiger partial charge in [-0.05, 0) is 48.7 Å². The topological polar surface area (TPSA) is 76.1 Å². The van der Waals surface area contributed by atoms with E-state index in [2.05, 4.69) is 27.5 Å². The second-order valence-corrected chi connectivity index (χ2v) is 6.38. The first-order chi connectivity index (χ1) is 13.6. The summed E-state index contributed by atoms with van der Waals surface area (Å²) in [5, 5.41) is 6.13. The highest BCUT2D eigenvalue weighted by Gasteiger charge is 2.12. The molecule has 28 heavy (non-hydrogen) atoms. The van der Waals surface area contributed by atoms with E-state index in [9.17, 15) is 4.79 Å². The zero-order valence-electron chi connectivity index (χ0n) is 16.3. The molecule has 0 saturated heterocycles. The van der Waals surface area contributed by atoms with E-state index in [-0.39, 0.29) is 5.91 Å². The number of nitrogens with zero attached hydrogens (tertiary/aromatic N) is 2. The first-order valence-electron chi connectivity index (χ1n) is 9.20. The Balaban J connectivity index is 1.72. The quantitative estimate of drug-likeness (QED) is 0.646. The maximum atomic E-state index is 12.7. The van der Waals surface area contributed by atoms with Crippen LogP contribution in [-0.2, 0) is 13.0 Å². The summed E-state index contributed by atoms with van der Waals surface area (Å²) in [7, 11) is 1.64. The van der Waals surface area contributed by atoms with Crippen molar-refractivity contribution >= 4 is 17.5 Å². The average molecular weight is 376 g/mol. The smallest absolute Gasteiger partial charge is 0.274 e. The van der Waals surface area contributed by atoms with Crippen LogP contribution in [0.2, 0.25) is 0 Å². The van der Waals surface area contributed by atoms with Crippen LogP contribution in [-0.4, -0.2) is 23.0 Å². The van der Waals surface area contributed by atoms with Crippen LogP contribution in [0.1, 0.15) is 34.2 Å². The van der Waals surface area contributed by atoms with E-state index in [1.165, 1.54) is 0 Å². The van der Waals surface area contributed by atoms with Crippen molar-refractivity contribution in [2.45, 2.75) is 26.8 Å². The van der Waals surface area contributed by atoms with E-state index in [4.69, 9.17) is 4.74 Å². The fraction of sp³-hybridized carbons (Fsp3) is 0.227. The number of nitrogens with one attached hydrogen (secondary N) is 2. The molecule has 2 N–H and O–H groups in total. The summed E-state index contributed by atoms with van der Waals surface area (Å²) in [5.74, 6) is 0.977. The second-order valence-electron chi connectivity index (χ2n) is 6.38. The van der Waals surface area contributed by atoms with Crippen molar-refractivity contribution in [3.63, 3.8) is 0 Å². The van der Waals surface area contributed by atoms with Gasteiger partial charge < -0.3 is 15.4 Å². The minimum absolute atomic E-state index is 0.251. The van der Waals surface area contributed by atoms with Crippen molar-refractivity contribution in [3.8, 4) is 5.75 Å². The van der Waals surface area contributed by atoms with Gasteiger partial charge in [-0.3, -0.25) is 4.79 Å². The molecule has 0 aliphatic heterocycles. The van der Waals surface area contributed by atoms with Gasteiger partial charge in [0, 0.05) is 17.9 Å². The van der Waals surface area contributed by atoms with Crippen LogP contribution in [0.4, 0.5) is 11.6 Å². The Morgan fingerprint density at radius 1 is 1.07 bits per heavy atom. The third kappa shape index (κ3) is 4.85. The Morgan fingerprint density at radius 3 is 2.54 bits per heavy atom. The van der Waals surface area contributed by atoms with Crippen molar-refractivity contribution in [1.29, 1.82) is 0 Å². The molecule has 144 valence electrons. The zero-order chi connectivity index (χ0) is 19.9. The molecule has 0 saturated carbocycles. The van der Waals surface area contributed by atoms with Crippen LogP contribution >= 0.6 is 0 Å². The SMILES string of the molecule is CCc1ccccc1NC(=O)c1cc(C)nc(NCc2ccc(OC)cc2)n1. The van der Waals surface area contributed by atoms with Crippen molar-refractivity contribution in [2.75, 3.05) is 17.7 Å². The maximum Gasteiger partial charge on any atom is 0.274 e. The molecule has 1 heterocycles. The molecule has 0 aliphatic carbocycles. The van der Waals surface area contributed by atoms with Crippen LogP contribution in [0, 0.1) is 6.92 Å². The minimum atomic E-state index is -0.251. The Hall–Kier alpha value is -3.41. The molecule has 0 atom stereocenters. The summed E-state index contributed by atoms with van der Waals surface area (Å²) < 4.78 is 5.17. The first kappa shape index (κ1) is 19.4. The van der Waals surface area contributed by atoms with E-state index >= 15 is 0 Å². The number of carbonyl (C=O) groups is 1. The molecule has 6 nitrogen and oxygen atoms in total. The predicted molar refractivity (Wildman–Crippen MR) is 111 cm³/mol. The van der Waals surface area contributed by atoms with Crippen molar-refractivity contribution < 1.29 is 9.53 Å². The van der Waals surface area contributed by atoms with Gasteiger partial charge in [-0.1, -0.05) is 37.3 Å². The van der Waals surface area contributed by atoms with Crippen LogP contribution in [0.25, 0.3) is 0 Å². The Kier molecular flexibility index (Phi) is 6.22. The van der Waals surface area contributed by atoms with Gasteiger partial charge in [-0.25, -0.2) is 9.97 Å². The molecular weight excluding hydrogens is 352 g/mol. The number of aromatic nitrogens is 2. The van der Waals surface area contributed by atoms with Gasteiger partial charge in [0.15, 0.2) is 0 Å². The predicted octanol–water partition coefficient (Wildman–Crippen LogP) is 4.22. The molecule has 0 unspecified atom stereocenters. The number of anilines is 2.